The number of carbonyl (C=O) groups excluding carboxylic acids is 1. The molecule has 1 fully saturated rings. The topological polar surface area (TPSA) is 72.1 Å². The number of amides is 1. The van der Waals surface area contributed by atoms with Crippen molar-refractivity contribution in [3.8, 4) is 0 Å². The molecule has 0 unspecified atom stereocenters. The summed E-state index contributed by atoms with van der Waals surface area (Å²) in [5.74, 6) is 0.649. The highest BCUT2D eigenvalue weighted by atomic mass is 35.5. The molecule has 7 heteroatoms. The van der Waals surface area contributed by atoms with E-state index >= 15 is 0 Å². The van der Waals surface area contributed by atoms with Crippen LogP contribution in [0.15, 0.2) is 11.1 Å². The maximum Gasteiger partial charge on any atom is 0.232 e. The van der Waals surface area contributed by atoms with E-state index in [2.05, 4.69) is 9.97 Å². The Kier molecular flexibility index (Phi) is 4.66. The molecule has 5 nitrogen and oxygen atoms in total. The second-order valence-corrected chi connectivity index (χ2v) is 5.50. The molecule has 1 aliphatic rings. The molecule has 18 heavy (non-hydrogen) atoms. The van der Waals surface area contributed by atoms with Crippen LogP contribution in [0.4, 0.5) is 5.95 Å². The minimum atomic E-state index is 0.135. The van der Waals surface area contributed by atoms with Crippen LogP contribution in [0.1, 0.15) is 19.3 Å². The van der Waals surface area contributed by atoms with E-state index in [1.54, 1.807) is 6.07 Å². The van der Waals surface area contributed by atoms with Crippen LogP contribution in [0.25, 0.3) is 0 Å². The molecule has 0 radical (unpaired) electrons. The Labute approximate surface area is 115 Å². The van der Waals surface area contributed by atoms with E-state index in [0.29, 0.717) is 15.9 Å². The number of hydrogen-bond donors (Lipinski definition) is 1. The lowest BCUT2D eigenvalue weighted by molar-refractivity contribution is -0.129. The quantitative estimate of drug-likeness (QED) is 0.678. The summed E-state index contributed by atoms with van der Waals surface area (Å²) in [6.07, 6.45) is 3.42. The monoisotopic (exact) mass is 286 g/mol. The van der Waals surface area contributed by atoms with Crippen LogP contribution in [-0.2, 0) is 4.79 Å². The minimum Gasteiger partial charge on any atom is -0.368 e. The summed E-state index contributed by atoms with van der Waals surface area (Å²) in [4.78, 5) is 21.6. The highest BCUT2D eigenvalue weighted by molar-refractivity contribution is 7.99. The molecule has 0 saturated carbocycles. The molecule has 0 bridgehead atoms. The number of nitrogens with two attached hydrogens (primary N) is 1. The lowest BCUT2D eigenvalue weighted by Gasteiger charge is -2.26. The first-order chi connectivity index (χ1) is 8.65. The maximum atomic E-state index is 11.9. The van der Waals surface area contributed by atoms with Crippen LogP contribution < -0.4 is 5.73 Å². The van der Waals surface area contributed by atoms with Crippen molar-refractivity contribution in [2.24, 2.45) is 0 Å². The van der Waals surface area contributed by atoms with Gasteiger partial charge in [0, 0.05) is 19.2 Å². The molecule has 1 aliphatic heterocycles. The molecular weight excluding hydrogens is 272 g/mol. The molecule has 2 heterocycles. The Morgan fingerprint density at radius 1 is 1.39 bits per heavy atom. The van der Waals surface area contributed by atoms with Gasteiger partial charge < -0.3 is 10.6 Å². The van der Waals surface area contributed by atoms with E-state index in [0.717, 1.165) is 25.9 Å². The molecule has 1 aromatic heterocycles. The summed E-state index contributed by atoms with van der Waals surface area (Å²) in [5.41, 5.74) is 5.49. The first-order valence-corrected chi connectivity index (χ1v) is 7.22. The van der Waals surface area contributed by atoms with Gasteiger partial charge in [0.1, 0.15) is 10.2 Å². The zero-order chi connectivity index (χ0) is 13.0. The molecule has 2 N–H and O–H groups in total. The highest BCUT2D eigenvalue weighted by Crippen LogP contribution is 2.20. The number of anilines is 1. The van der Waals surface area contributed by atoms with Crippen molar-refractivity contribution in [1.82, 2.24) is 14.9 Å². The molecule has 98 valence electrons. The fourth-order valence-electron chi connectivity index (χ4n) is 1.86. The molecule has 0 aliphatic carbocycles. The van der Waals surface area contributed by atoms with Crippen LogP contribution in [0, 0.1) is 0 Å². The molecule has 1 amide bonds. The van der Waals surface area contributed by atoms with Crippen molar-refractivity contribution in [3.63, 3.8) is 0 Å². The third-order valence-electron chi connectivity index (χ3n) is 2.74. The summed E-state index contributed by atoms with van der Waals surface area (Å²) in [7, 11) is 0. The number of likely N-dealkylation sites (tertiary alicyclic amines) is 1. The van der Waals surface area contributed by atoms with Crippen LogP contribution >= 0.6 is 23.4 Å². The fraction of sp³-hybridized carbons (Fsp3) is 0.545. The number of halogens is 1. The van der Waals surface area contributed by atoms with Crippen LogP contribution in [0.3, 0.4) is 0 Å². The van der Waals surface area contributed by atoms with Crippen molar-refractivity contribution >= 4 is 35.2 Å². The Morgan fingerprint density at radius 3 is 2.78 bits per heavy atom. The van der Waals surface area contributed by atoms with Crippen LogP contribution in [0.5, 0.6) is 0 Å². The van der Waals surface area contributed by atoms with Crippen molar-refractivity contribution in [2.45, 2.75) is 24.3 Å². The average Bonchev–Trinajstić information content (AvgIpc) is 2.36. The van der Waals surface area contributed by atoms with E-state index in [1.165, 1.54) is 18.2 Å². The molecule has 2 rings (SSSR count). The number of thioether (sulfide) groups is 1. The molecule has 0 spiro atoms. The van der Waals surface area contributed by atoms with Gasteiger partial charge in [-0.1, -0.05) is 23.4 Å². The van der Waals surface area contributed by atoms with E-state index in [9.17, 15) is 4.79 Å². The Hall–Kier alpha value is -1.01. The van der Waals surface area contributed by atoms with E-state index in [1.807, 2.05) is 4.90 Å². The zero-order valence-electron chi connectivity index (χ0n) is 9.93. The van der Waals surface area contributed by atoms with E-state index in [-0.39, 0.29) is 11.9 Å². The summed E-state index contributed by atoms with van der Waals surface area (Å²) < 4.78 is 0. The second-order valence-electron chi connectivity index (χ2n) is 4.12. The van der Waals surface area contributed by atoms with Gasteiger partial charge in [0.25, 0.3) is 0 Å². The number of carbonyl (C=O) groups is 1. The predicted octanol–water partition coefficient (Wildman–Crippen LogP) is 1.82. The summed E-state index contributed by atoms with van der Waals surface area (Å²) in [6.45, 7) is 1.73. The molecule has 1 saturated heterocycles. The van der Waals surface area contributed by atoms with Crippen molar-refractivity contribution in [3.05, 3.63) is 11.2 Å². The third kappa shape index (κ3) is 3.74. The smallest absolute Gasteiger partial charge is 0.232 e. The standard InChI is InChI=1S/C11H15ClN4OS/c12-8-6-9(15-11(13)14-8)18-7-10(17)16-4-2-1-3-5-16/h6H,1-5,7H2,(H2,13,14,15). The molecular formula is C11H15ClN4OS. The number of nitrogen functional groups attached to an aromatic ring is 1. The minimum absolute atomic E-state index is 0.135. The van der Waals surface area contributed by atoms with Crippen molar-refractivity contribution in [2.75, 3.05) is 24.6 Å². The van der Waals surface area contributed by atoms with E-state index in [4.69, 9.17) is 17.3 Å². The lowest BCUT2D eigenvalue weighted by atomic mass is 10.1. The Morgan fingerprint density at radius 2 is 2.11 bits per heavy atom. The lowest BCUT2D eigenvalue weighted by Crippen LogP contribution is -2.36. The number of rotatable bonds is 3. The van der Waals surface area contributed by atoms with Gasteiger partial charge in [0.05, 0.1) is 5.75 Å². The van der Waals surface area contributed by atoms with Gasteiger partial charge in [-0.2, -0.15) is 0 Å². The normalized spacial score (nSPS) is 15.7. The summed E-state index contributed by atoms with van der Waals surface area (Å²) >= 11 is 7.12. The largest absolute Gasteiger partial charge is 0.368 e. The number of hydrogen-bond acceptors (Lipinski definition) is 5. The Balaban J connectivity index is 1.88. The number of nitrogens with zero attached hydrogens (tertiary/aromatic N) is 3. The summed E-state index contributed by atoms with van der Waals surface area (Å²) in [6, 6.07) is 1.62. The van der Waals surface area contributed by atoms with Gasteiger partial charge in [-0.15, -0.1) is 0 Å². The predicted molar refractivity (Wildman–Crippen MR) is 72.6 cm³/mol. The number of aromatic nitrogens is 2. The SMILES string of the molecule is Nc1nc(Cl)cc(SCC(=O)N2CCCCC2)n1. The highest BCUT2D eigenvalue weighted by Gasteiger charge is 2.16. The first-order valence-electron chi connectivity index (χ1n) is 5.86. The molecule has 0 atom stereocenters. The van der Waals surface area contributed by atoms with Crippen LogP contribution in [0.2, 0.25) is 5.15 Å². The Bertz CT molecular complexity index is 417. The van der Waals surface area contributed by atoms with Gasteiger partial charge in [-0.3, -0.25) is 4.79 Å². The average molecular weight is 287 g/mol. The molecule has 0 aromatic carbocycles. The second kappa shape index (κ2) is 6.24. The number of piperidine rings is 1. The van der Waals surface area contributed by atoms with Crippen LogP contribution in [-0.4, -0.2) is 39.6 Å². The fourth-order valence-corrected chi connectivity index (χ4v) is 2.92. The third-order valence-corrected chi connectivity index (χ3v) is 3.83. The van der Waals surface area contributed by atoms with Gasteiger partial charge in [-0.05, 0) is 19.3 Å². The van der Waals surface area contributed by atoms with Crippen molar-refractivity contribution < 1.29 is 4.79 Å². The van der Waals surface area contributed by atoms with E-state index < -0.39 is 0 Å². The van der Waals surface area contributed by atoms with Gasteiger partial charge in [-0.25, -0.2) is 9.97 Å². The zero-order valence-corrected chi connectivity index (χ0v) is 11.5. The summed E-state index contributed by atoms with van der Waals surface area (Å²) in [5, 5.41) is 0.938. The van der Waals surface area contributed by atoms with Crippen molar-refractivity contribution in [1.29, 1.82) is 0 Å². The van der Waals surface area contributed by atoms with Gasteiger partial charge >= 0.3 is 0 Å². The van der Waals surface area contributed by atoms with Gasteiger partial charge in [0.15, 0.2) is 0 Å². The first kappa shape index (κ1) is 13.4. The maximum absolute atomic E-state index is 11.9. The van der Waals surface area contributed by atoms with Gasteiger partial charge in [0.2, 0.25) is 11.9 Å². The molecule has 1 aromatic rings.